The Morgan fingerprint density at radius 2 is 2.29 bits per heavy atom. The quantitative estimate of drug-likeness (QED) is 0.697. The minimum Gasteiger partial charge on any atom is -0.263 e. The summed E-state index contributed by atoms with van der Waals surface area (Å²) in [5.74, 6) is 0. The van der Waals surface area contributed by atoms with Gasteiger partial charge >= 0.3 is 0 Å². The molecule has 0 aliphatic heterocycles. The molecule has 1 heterocycles. The van der Waals surface area contributed by atoms with Crippen LogP contribution in [0.25, 0.3) is 0 Å². The highest BCUT2D eigenvalue weighted by Crippen LogP contribution is 2.18. The van der Waals surface area contributed by atoms with E-state index in [9.17, 15) is 0 Å². The van der Waals surface area contributed by atoms with Crippen molar-refractivity contribution in [1.82, 2.24) is 4.98 Å². The third-order valence-corrected chi connectivity index (χ3v) is 3.13. The molecule has 0 N–H and O–H groups in total. The first-order valence-corrected chi connectivity index (χ1v) is 5.78. The predicted molar refractivity (Wildman–Crippen MR) is 62.1 cm³/mol. The van der Waals surface area contributed by atoms with E-state index in [1.807, 2.05) is 6.07 Å². The minimum absolute atomic E-state index is 0.301. The molecule has 1 aromatic rings. The van der Waals surface area contributed by atoms with E-state index in [1.54, 1.807) is 12.4 Å². The number of aromatic nitrogens is 1. The fraction of sp³-hybridized carbons (Fsp3) is 0.545. The van der Waals surface area contributed by atoms with Crippen molar-refractivity contribution < 1.29 is 0 Å². The van der Waals surface area contributed by atoms with Crippen LogP contribution in [-0.4, -0.2) is 10.4 Å². The van der Waals surface area contributed by atoms with Crippen LogP contribution in [0.4, 0.5) is 0 Å². The number of hydrogen-bond acceptors (Lipinski definition) is 1. The molecule has 0 saturated carbocycles. The smallest absolute Gasteiger partial charge is 0.0621 e. The Bertz CT molecular complexity index is 276. The van der Waals surface area contributed by atoms with Gasteiger partial charge in [-0.05, 0) is 37.3 Å². The van der Waals surface area contributed by atoms with E-state index in [-0.39, 0.29) is 0 Å². The van der Waals surface area contributed by atoms with Crippen molar-refractivity contribution in [2.75, 3.05) is 0 Å². The van der Waals surface area contributed by atoms with Crippen LogP contribution in [-0.2, 0) is 6.42 Å². The van der Waals surface area contributed by atoms with Gasteiger partial charge in [0.05, 0.1) is 5.02 Å². The summed E-state index contributed by atoms with van der Waals surface area (Å²) >= 11 is 12.0. The molecule has 1 rings (SSSR count). The Morgan fingerprint density at radius 3 is 2.93 bits per heavy atom. The molecule has 1 nitrogen and oxygen atoms in total. The molecule has 0 radical (unpaired) electrons. The van der Waals surface area contributed by atoms with Crippen molar-refractivity contribution in [2.24, 2.45) is 0 Å². The first kappa shape index (κ1) is 11.8. The molecule has 0 saturated heterocycles. The number of aryl methyl sites for hydroxylation is 1. The highest BCUT2D eigenvalue weighted by molar-refractivity contribution is 6.31. The maximum absolute atomic E-state index is 6.03. The van der Waals surface area contributed by atoms with Crippen LogP contribution in [0.5, 0.6) is 0 Å². The van der Waals surface area contributed by atoms with Gasteiger partial charge in [0, 0.05) is 17.8 Å². The number of rotatable bonds is 5. The number of nitrogens with zero attached hydrogens (tertiary/aromatic N) is 1. The monoisotopic (exact) mass is 231 g/mol. The molecular formula is C11H15Cl2N. The third-order valence-electron chi connectivity index (χ3n) is 2.26. The Kier molecular flexibility index (Phi) is 5.28. The lowest BCUT2D eigenvalue weighted by atomic mass is 10.1. The minimum atomic E-state index is 0.301. The lowest BCUT2D eigenvalue weighted by Crippen LogP contribution is -1.97. The molecule has 14 heavy (non-hydrogen) atoms. The van der Waals surface area contributed by atoms with Gasteiger partial charge in [-0.1, -0.05) is 18.5 Å². The summed E-state index contributed by atoms with van der Waals surface area (Å²) in [5.41, 5.74) is 1.17. The van der Waals surface area contributed by atoms with Crippen LogP contribution in [0.15, 0.2) is 18.5 Å². The lowest BCUT2D eigenvalue weighted by molar-refractivity contribution is 0.674. The van der Waals surface area contributed by atoms with Crippen LogP contribution < -0.4 is 0 Å². The van der Waals surface area contributed by atoms with E-state index in [0.29, 0.717) is 5.38 Å². The third kappa shape index (κ3) is 3.85. The fourth-order valence-electron chi connectivity index (χ4n) is 1.32. The number of alkyl halides is 1. The Labute approximate surface area is 95.4 Å². The predicted octanol–water partition coefficient (Wildman–Crippen LogP) is 4.08. The van der Waals surface area contributed by atoms with Crippen molar-refractivity contribution >= 4 is 23.2 Å². The van der Waals surface area contributed by atoms with Crippen molar-refractivity contribution in [1.29, 1.82) is 0 Å². The van der Waals surface area contributed by atoms with Crippen LogP contribution in [0.3, 0.4) is 0 Å². The van der Waals surface area contributed by atoms with Crippen LogP contribution in [0.2, 0.25) is 5.02 Å². The zero-order valence-electron chi connectivity index (χ0n) is 8.34. The Balaban J connectivity index is 2.35. The SMILES string of the molecule is CCC(Cl)CCCc1ccncc1Cl. The second-order valence-corrected chi connectivity index (χ2v) is 4.39. The van der Waals surface area contributed by atoms with E-state index in [4.69, 9.17) is 23.2 Å². The van der Waals surface area contributed by atoms with Crippen molar-refractivity contribution in [2.45, 2.75) is 38.0 Å². The van der Waals surface area contributed by atoms with Gasteiger partial charge in [-0.15, -0.1) is 11.6 Å². The average Bonchev–Trinajstić information content (AvgIpc) is 2.20. The maximum Gasteiger partial charge on any atom is 0.0621 e. The van der Waals surface area contributed by atoms with Crippen LogP contribution >= 0.6 is 23.2 Å². The summed E-state index contributed by atoms with van der Waals surface area (Å²) in [4.78, 5) is 3.95. The van der Waals surface area contributed by atoms with Crippen molar-refractivity contribution in [3.8, 4) is 0 Å². The molecule has 1 atom stereocenters. The molecule has 0 aromatic carbocycles. The zero-order valence-corrected chi connectivity index (χ0v) is 9.85. The van der Waals surface area contributed by atoms with E-state index < -0.39 is 0 Å². The molecular weight excluding hydrogens is 217 g/mol. The van der Waals surface area contributed by atoms with Gasteiger partial charge in [-0.2, -0.15) is 0 Å². The summed E-state index contributed by atoms with van der Waals surface area (Å²) in [6.45, 7) is 2.11. The number of halogens is 2. The van der Waals surface area contributed by atoms with Gasteiger partial charge < -0.3 is 0 Å². The molecule has 1 unspecified atom stereocenters. The van der Waals surface area contributed by atoms with E-state index in [0.717, 1.165) is 30.7 Å². The topological polar surface area (TPSA) is 12.9 Å². The molecule has 0 bridgehead atoms. The van der Waals surface area contributed by atoms with Gasteiger partial charge in [0.15, 0.2) is 0 Å². The Morgan fingerprint density at radius 1 is 1.50 bits per heavy atom. The second-order valence-electron chi connectivity index (χ2n) is 3.36. The summed E-state index contributed by atoms with van der Waals surface area (Å²) in [5, 5.41) is 1.06. The summed E-state index contributed by atoms with van der Waals surface area (Å²) in [6.07, 6.45) is 7.63. The van der Waals surface area contributed by atoms with E-state index in [2.05, 4.69) is 11.9 Å². The van der Waals surface area contributed by atoms with Gasteiger partial charge in [0.2, 0.25) is 0 Å². The van der Waals surface area contributed by atoms with E-state index in [1.165, 1.54) is 5.56 Å². The summed E-state index contributed by atoms with van der Waals surface area (Å²) < 4.78 is 0. The Hall–Kier alpha value is -0.270. The number of hydrogen-bond donors (Lipinski definition) is 0. The van der Waals surface area contributed by atoms with Gasteiger partial charge in [0.25, 0.3) is 0 Å². The van der Waals surface area contributed by atoms with Crippen LogP contribution in [0, 0.1) is 0 Å². The van der Waals surface area contributed by atoms with Crippen LogP contribution in [0.1, 0.15) is 31.7 Å². The van der Waals surface area contributed by atoms with Gasteiger partial charge in [0.1, 0.15) is 0 Å². The highest BCUT2D eigenvalue weighted by Gasteiger charge is 2.03. The summed E-state index contributed by atoms with van der Waals surface area (Å²) in [6, 6.07) is 1.97. The fourth-order valence-corrected chi connectivity index (χ4v) is 1.69. The zero-order chi connectivity index (χ0) is 10.4. The molecule has 0 amide bonds. The second kappa shape index (κ2) is 6.26. The molecule has 0 aliphatic carbocycles. The lowest BCUT2D eigenvalue weighted by Gasteiger charge is -2.06. The molecule has 1 aromatic heterocycles. The van der Waals surface area contributed by atoms with E-state index >= 15 is 0 Å². The van der Waals surface area contributed by atoms with Gasteiger partial charge in [-0.25, -0.2) is 0 Å². The first-order valence-electron chi connectivity index (χ1n) is 4.96. The number of pyridine rings is 1. The summed E-state index contributed by atoms with van der Waals surface area (Å²) in [7, 11) is 0. The average molecular weight is 232 g/mol. The molecule has 0 spiro atoms. The standard InChI is InChI=1S/C11H15Cl2N/c1-2-10(12)5-3-4-9-6-7-14-8-11(9)13/h6-8,10H,2-5H2,1H3. The molecule has 78 valence electrons. The largest absolute Gasteiger partial charge is 0.263 e. The molecule has 0 fully saturated rings. The maximum atomic E-state index is 6.03. The highest BCUT2D eigenvalue weighted by atomic mass is 35.5. The van der Waals surface area contributed by atoms with Crippen molar-refractivity contribution in [3.63, 3.8) is 0 Å². The van der Waals surface area contributed by atoms with Gasteiger partial charge in [-0.3, -0.25) is 4.98 Å². The first-order chi connectivity index (χ1) is 6.74. The molecule has 3 heteroatoms. The van der Waals surface area contributed by atoms with Crippen molar-refractivity contribution in [3.05, 3.63) is 29.0 Å². The molecule has 0 aliphatic rings. The normalized spacial score (nSPS) is 12.8.